The van der Waals surface area contributed by atoms with Gasteiger partial charge in [-0.05, 0) is 36.4 Å². The van der Waals surface area contributed by atoms with Crippen LogP contribution in [0.2, 0.25) is 0 Å². The van der Waals surface area contributed by atoms with Crippen molar-refractivity contribution in [2.24, 2.45) is 0 Å². The number of rotatable bonds is 6. The Labute approximate surface area is 168 Å². The fraction of sp³-hybridized carbons (Fsp3) is 0.0870. The first-order valence-electron chi connectivity index (χ1n) is 9.33. The highest BCUT2D eigenvalue weighted by atomic mass is 16.3. The molecule has 0 radical (unpaired) electrons. The summed E-state index contributed by atoms with van der Waals surface area (Å²) in [6.45, 7) is 0.499. The molecule has 0 fully saturated rings. The number of aromatic hydroxyl groups is 1. The number of nitrogens with zero attached hydrogens (tertiary/aromatic N) is 2. The van der Waals surface area contributed by atoms with Crippen molar-refractivity contribution < 1.29 is 9.90 Å². The molecule has 0 unspecified atom stereocenters. The van der Waals surface area contributed by atoms with E-state index in [9.17, 15) is 9.90 Å². The van der Waals surface area contributed by atoms with Crippen LogP contribution in [0.1, 0.15) is 16.1 Å². The van der Waals surface area contributed by atoms with E-state index in [0.29, 0.717) is 24.2 Å². The lowest BCUT2D eigenvalue weighted by Gasteiger charge is -2.08. The SMILES string of the molecule is O=C(NCCc1ccccn1)c1ccccc1-c1cc(-c2cccc(O)c2)[nH]n1. The number of hydrogen-bond acceptors (Lipinski definition) is 4. The van der Waals surface area contributed by atoms with E-state index < -0.39 is 0 Å². The number of benzene rings is 2. The molecule has 0 aliphatic rings. The van der Waals surface area contributed by atoms with Crippen LogP contribution in [0.4, 0.5) is 0 Å². The van der Waals surface area contributed by atoms with Crippen molar-refractivity contribution in [3.8, 4) is 28.3 Å². The molecule has 4 rings (SSSR count). The lowest BCUT2D eigenvalue weighted by Crippen LogP contribution is -2.26. The standard InChI is InChI=1S/C23H20N4O2/c28-18-8-5-6-16(14-18)21-15-22(27-26-21)19-9-1-2-10-20(19)23(29)25-13-11-17-7-3-4-12-24-17/h1-10,12,14-15,28H,11,13H2,(H,25,29)(H,26,27). The largest absolute Gasteiger partial charge is 0.508 e. The van der Waals surface area contributed by atoms with Gasteiger partial charge < -0.3 is 10.4 Å². The number of aromatic nitrogens is 3. The number of amides is 1. The number of pyridine rings is 1. The van der Waals surface area contributed by atoms with E-state index >= 15 is 0 Å². The van der Waals surface area contributed by atoms with E-state index in [1.165, 1.54) is 0 Å². The van der Waals surface area contributed by atoms with Crippen molar-refractivity contribution >= 4 is 5.91 Å². The second kappa shape index (κ2) is 8.39. The van der Waals surface area contributed by atoms with Gasteiger partial charge in [0, 0.05) is 41.5 Å². The summed E-state index contributed by atoms with van der Waals surface area (Å²) in [6, 6.07) is 21.9. The van der Waals surface area contributed by atoms with Gasteiger partial charge in [0.25, 0.3) is 5.91 Å². The van der Waals surface area contributed by atoms with Gasteiger partial charge >= 0.3 is 0 Å². The lowest BCUT2D eigenvalue weighted by atomic mass is 10.0. The van der Waals surface area contributed by atoms with Crippen LogP contribution in [-0.4, -0.2) is 32.7 Å². The highest BCUT2D eigenvalue weighted by Gasteiger charge is 2.15. The minimum absolute atomic E-state index is 0.154. The van der Waals surface area contributed by atoms with Crippen LogP contribution in [0.25, 0.3) is 22.5 Å². The van der Waals surface area contributed by atoms with E-state index in [1.807, 2.05) is 48.5 Å². The molecule has 0 saturated heterocycles. The lowest BCUT2D eigenvalue weighted by molar-refractivity contribution is 0.0954. The molecule has 0 atom stereocenters. The highest BCUT2D eigenvalue weighted by molar-refractivity contribution is 6.00. The Bertz CT molecular complexity index is 1120. The number of phenols is 1. The van der Waals surface area contributed by atoms with Crippen LogP contribution in [0, 0.1) is 0 Å². The van der Waals surface area contributed by atoms with Crippen LogP contribution in [0.3, 0.4) is 0 Å². The van der Waals surface area contributed by atoms with E-state index in [1.54, 1.807) is 30.5 Å². The molecule has 144 valence electrons. The molecule has 2 heterocycles. The van der Waals surface area contributed by atoms with Crippen LogP contribution < -0.4 is 5.32 Å². The molecule has 2 aromatic carbocycles. The van der Waals surface area contributed by atoms with Gasteiger partial charge in [0.05, 0.1) is 11.4 Å². The predicted octanol–water partition coefficient (Wildman–Crippen LogP) is 3.82. The van der Waals surface area contributed by atoms with Gasteiger partial charge in [-0.1, -0.05) is 36.4 Å². The van der Waals surface area contributed by atoms with Crippen LogP contribution in [0.5, 0.6) is 5.75 Å². The maximum Gasteiger partial charge on any atom is 0.251 e. The third-order valence-electron chi connectivity index (χ3n) is 4.58. The second-order valence-corrected chi connectivity index (χ2v) is 6.59. The maximum absolute atomic E-state index is 12.7. The highest BCUT2D eigenvalue weighted by Crippen LogP contribution is 2.27. The molecule has 6 heteroatoms. The summed E-state index contributed by atoms with van der Waals surface area (Å²) >= 11 is 0. The zero-order chi connectivity index (χ0) is 20.1. The molecule has 0 bridgehead atoms. The first-order chi connectivity index (χ1) is 14.2. The third kappa shape index (κ3) is 4.32. The number of carbonyl (C=O) groups excluding carboxylic acids is 1. The molecular formula is C23H20N4O2. The minimum Gasteiger partial charge on any atom is -0.508 e. The van der Waals surface area contributed by atoms with E-state index in [2.05, 4.69) is 20.5 Å². The van der Waals surface area contributed by atoms with E-state index in [-0.39, 0.29) is 11.7 Å². The average Bonchev–Trinajstić information content (AvgIpc) is 3.25. The van der Waals surface area contributed by atoms with E-state index in [4.69, 9.17) is 0 Å². The van der Waals surface area contributed by atoms with Gasteiger partial charge in [0.2, 0.25) is 0 Å². The summed E-state index contributed by atoms with van der Waals surface area (Å²) in [5.41, 5.74) is 4.48. The van der Waals surface area contributed by atoms with Crippen molar-refractivity contribution in [3.05, 3.63) is 90.3 Å². The summed E-state index contributed by atoms with van der Waals surface area (Å²) in [6.07, 6.45) is 2.41. The van der Waals surface area contributed by atoms with Crippen LogP contribution >= 0.6 is 0 Å². The smallest absolute Gasteiger partial charge is 0.251 e. The van der Waals surface area contributed by atoms with Crippen molar-refractivity contribution in [3.63, 3.8) is 0 Å². The Hall–Kier alpha value is -3.93. The summed E-state index contributed by atoms with van der Waals surface area (Å²) in [4.78, 5) is 17.0. The van der Waals surface area contributed by atoms with Gasteiger partial charge in [0.1, 0.15) is 5.75 Å². The Kier molecular flexibility index (Phi) is 5.33. The summed E-state index contributed by atoms with van der Waals surface area (Å²) in [7, 11) is 0. The van der Waals surface area contributed by atoms with Gasteiger partial charge in [0.15, 0.2) is 0 Å². The molecule has 4 aromatic rings. The summed E-state index contributed by atoms with van der Waals surface area (Å²) < 4.78 is 0. The zero-order valence-corrected chi connectivity index (χ0v) is 15.7. The quantitative estimate of drug-likeness (QED) is 0.471. The zero-order valence-electron chi connectivity index (χ0n) is 15.7. The Balaban J connectivity index is 1.52. The molecule has 0 aliphatic carbocycles. The van der Waals surface area contributed by atoms with Crippen LogP contribution in [0.15, 0.2) is 79.0 Å². The molecule has 0 spiro atoms. The molecule has 0 saturated carbocycles. The number of phenolic OH excluding ortho intramolecular Hbond substituents is 1. The van der Waals surface area contributed by atoms with Crippen LogP contribution in [-0.2, 0) is 6.42 Å². The molecule has 6 nitrogen and oxygen atoms in total. The monoisotopic (exact) mass is 384 g/mol. The van der Waals surface area contributed by atoms with Gasteiger partial charge in [-0.3, -0.25) is 14.9 Å². The summed E-state index contributed by atoms with van der Waals surface area (Å²) in [5, 5.41) is 20.0. The van der Waals surface area contributed by atoms with Gasteiger partial charge in [-0.2, -0.15) is 5.10 Å². The molecular weight excluding hydrogens is 364 g/mol. The molecule has 3 N–H and O–H groups in total. The van der Waals surface area contributed by atoms with Crippen molar-refractivity contribution in [2.45, 2.75) is 6.42 Å². The Morgan fingerprint density at radius 2 is 1.86 bits per heavy atom. The predicted molar refractivity (Wildman–Crippen MR) is 111 cm³/mol. The fourth-order valence-electron chi connectivity index (χ4n) is 3.13. The number of H-pyrrole nitrogens is 1. The number of nitrogens with one attached hydrogen (secondary N) is 2. The van der Waals surface area contributed by atoms with Crippen molar-refractivity contribution in [2.75, 3.05) is 6.54 Å². The molecule has 29 heavy (non-hydrogen) atoms. The topological polar surface area (TPSA) is 90.9 Å². The van der Waals surface area contributed by atoms with Gasteiger partial charge in [-0.25, -0.2) is 0 Å². The second-order valence-electron chi connectivity index (χ2n) is 6.59. The molecule has 0 aliphatic heterocycles. The Morgan fingerprint density at radius 1 is 1.00 bits per heavy atom. The average molecular weight is 384 g/mol. The number of hydrogen-bond donors (Lipinski definition) is 3. The molecule has 2 aromatic heterocycles. The fourth-order valence-corrected chi connectivity index (χ4v) is 3.13. The van der Waals surface area contributed by atoms with Gasteiger partial charge in [-0.15, -0.1) is 0 Å². The van der Waals surface area contributed by atoms with Crippen molar-refractivity contribution in [1.29, 1.82) is 0 Å². The summed E-state index contributed by atoms with van der Waals surface area (Å²) in [5.74, 6) is 0.0322. The number of aromatic amines is 1. The van der Waals surface area contributed by atoms with E-state index in [0.717, 1.165) is 22.5 Å². The normalized spacial score (nSPS) is 10.6. The van der Waals surface area contributed by atoms with Crippen molar-refractivity contribution in [1.82, 2.24) is 20.5 Å². The maximum atomic E-state index is 12.7. The first kappa shape index (κ1) is 18.4. The minimum atomic E-state index is -0.154. The first-order valence-corrected chi connectivity index (χ1v) is 9.33. The Morgan fingerprint density at radius 3 is 2.69 bits per heavy atom. The third-order valence-corrected chi connectivity index (χ3v) is 4.58. The number of carbonyl (C=O) groups is 1. The molecule has 1 amide bonds.